The molecule has 1 unspecified atom stereocenters. The Morgan fingerprint density at radius 3 is 2.70 bits per heavy atom. The zero-order valence-corrected chi connectivity index (χ0v) is 12.4. The molecule has 2 nitrogen and oxygen atoms in total. The number of piperidine rings is 1. The molecule has 0 amide bonds. The van der Waals surface area contributed by atoms with E-state index in [1.165, 1.54) is 32.2 Å². The standard InChI is InChI=1S/C17H25FN2/c1-13-4-5-14(11-16(13)18)12-20-9-6-15(7-10-20)17-3-2-8-19-17/h4-5,11,15,17,19H,2-3,6-10,12H2,1H3. The van der Waals surface area contributed by atoms with Crippen molar-refractivity contribution in [3.63, 3.8) is 0 Å². The highest BCUT2D eigenvalue weighted by Crippen LogP contribution is 2.26. The van der Waals surface area contributed by atoms with Crippen LogP contribution >= 0.6 is 0 Å². The van der Waals surface area contributed by atoms with E-state index in [-0.39, 0.29) is 5.82 Å². The number of nitrogens with zero attached hydrogens (tertiary/aromatic N) is 1. The molecule has 0 aliphatic carbocycles. The lowest BCUT2D eigenvalue weighted by Crippen LogP contribution is -2.40. The fourth-order valence-electron chi connectivity index (χ4n) is 3.62. The van der Waals surface area contributed by atoms with Gasteiger partial charge in [0.1, 0.15) is 5.82 Å². The van der Waals surface area contributed by atoms with Crippen molar-refractivity contribution in [3.05, 3.63) is 35.1 Å². The summed E-state index contributed by atoms with van der Waals surface area (Å²) in [5, 5.41) is 3.64. The molecule has 1 N–H and O–H groups in total. The Kier molecular flexibility index (Phi) is 4.37. The third-order valence-corrected chi connectivity index (χ3v) is 4.94. The predicted molar refractivity (Wildman–Crippen MR) is 80.2 cm³/mol. The summed E-state index contributed by atoms with van der Waals surface area (Å²) in [4.78, 5) is 2.47. The average molecular weight is 276 g/mol. The van der Waals surface area contributed by atoms with Gasteiger partial charge in [-0.1, -0.05) is 12.1 Å². The summed E-state index contributed by atoms with van der Waals surface area (Å²) in [6.45, 7) is 6.21. The van der Waals surface area contributed by atoms with E-state index in [1.807, 2.05) is 13.0 Å². The van der Waals surface area contributed by atoms with Gasteiger partial charge in [0, 0.05) is 12.6 Å². The summed E-state index contributed by atoms with van der Waals surface area (Å²) in [6, 6.07) is 6.40. The van der Waals surface area contributed by atoms with Gasteiger partial charge in [0.05, 0.1) is 0 Å². The van der Waals surface area contributed by atoms with E-state index in [0.29, 0.717) is 0 Å². The van der Waals surface area contributed by atoms with E-state index in [2.05, 4.69) is 16.3 Å². The molecule has 0 aromatic heterocycles. The molecule has 2 heterocycles. The molecule has 3 rings (SSSR count). The molecular formula is C17H25FN2. The highest BCUT2D eigenvalue weighted by molar-refractivity contribution is 5.23. The summed E-state index contributed by atoms with van der Waals surface area (Å²) >= 11 is 0. The summed E-state index contributed by atoms with van der Waals surface area (Å²) in [5.74, 6) is 0.774. The second-order valence-electron chi connectivity index (χ2n) is 6.40. The van der Waals surface area contributed by atoms with Crippen molar-refractivity contribution in [3.8, 4) is 0 Å². The molecular weight excluding hydrogens is 251 g/mol. The van der Waals surface area contributed by atoms with Gasteiger partial charge in [0.15, 0.2) is 0 Å². The van der Waals surface area contributed by atoms with Gasteiger partial charge in [-0.25, -0.2) is 4.39 Å². The van der Waals surface area contributed by atoms with Gasteiger partial charge in [-0.15, -0.1) is 0 Å². The highest BCUT2D eigenvalue weighted by Gasteiger charge is 2.28. The minimum Gasteiger partial charge on any atom is -0.314 e. The second-order valence-corrected chi connectivity index (χ2v) is 6.40. The molecule has 1 aromatic carbocycles. The van der Waals surface area contributed by atoms with Gasteiger partial charge in [0.2, 0.25) is 0 Å². The van der Waals surface area contributed by atoms with Crippen LogP contribution in [0.2, 0.25) is 0 Å². The Bertz CT molecular complexity index is 446. The number of hydrogen-bond donors (Lipinski definition) is 1. The third-order valence-electron chi connectivity index (χ3n) is 4.94. The molecule has 0 bridgehead atoms. The van der Waals surface area contributed by atoms with Crippen LogP contribution in [-0.2, 0) is 6.54 Å². The second kappa shape index (κ2) is 6.23. The van der Waals surface area contributed by atoms with Crippen molar-refractivity contribution in [2.75, 3.05) is 19.6 Å². The first kappa shape index (κ1) is 14.0. The van der Waals surface area contributed by atoms with Crippen LogP contribution in [0.4, 0.5) is 4.39 Å². The van der Waals surface area contributed by atoms with E-state index in [9.17, 15) is 4.39 Å². The largest absolute Gasteiger partial charge is 0.314 e. The maximum absolute atomic E-state index is 13.6. The summed E-state index contributed by atoms with van der Waals surface area (Å²) in [7, 11) is 0. The fourth-order valence-corrected chi connectivity index (χ4v) is 3.62. The normalized spacial score (nSPS) is 25.2. The molecule has 0 saturated carbocycles. The molecule has 20 heavy (non-hydrogen) atoms. The van der Waals surface area contributed by atoms with Crippen molar-refractivity contribution in [1.82, 2.24) is 10.2 Å². The zero-order chi connectivity index (χ0) is 13.9. The van der Waals surface area contributed by atoms with Crippen LogP contribution in [0.5, 0.6) is 0 Å². The minimum atomic E-state index is -0.0764. The van der Waals surface area contributed by atoms with E-state index < -0.39 is 0 Å². The monoisotopic (exact) mass is 276 g/mol. The Balaban J connectivity index is 1.51. The first-order chi connectivity index (χ1) is 9.72. The number of halogens is 1. The summed E-state index contributed by atoms with van der Waals surface area (Å²) in [6.07, 6.45) is 5.26. The van der Waals surface area contributed by atoms with Crippen LogP contribution in [0.3, 0.4) is 0 Å². The van der Waals surface area contributed by atoms with Crippen LogP contribution in [-0.4, -0.2) is 30.6 Å². The van der Waals surface area contributed by atoms with Gasteiger partial charge in [0.25, 0.3) is 0 Å². The van der Waals surface area contributed by atoms with E-state index in [4.69, 9.17) is 0 Å². The summed E-state index contributed by atoms with van der Waals surface area (Å²) < 4.78 is 13.6. The maximum Gasteiger partial charge on any atom is 0.126 e. The molecule has 3 heteroatoms. The lowest BCUT2D eigenvalue weighted by Gasteiger charge is -2.35. The zero-order valence-electron chi connectivity index (χ0n) is 12.4. The summed E-state index contributed by atoms with van der Waals surface area (Å²) in [5.41, 5.74) is 1.84. The number of likely N-dealkylation sites (tertiary alicyclic amines) is 1. The molecule has 2 fully saturated rings. The maximum atomic E-state index is 13.6. The minimum absolute atomic E-state index is 0.0764. The number of rotatable bonds is 3. The van der Waals surface area contributed by atoms with E-state index >= 15 is 0 Å². The SMILES string of the molecule is Cc1ccc(CN2CCC(C3CCCN3)CC2)cc1F. The Morgan fingerprint density at radius 2 is 2.05 bits per heavy atom. The quantitative estimate of drug-likeness (QED) is 0.912. The molecule has 2 aliphatic rings. The Labute approximate surface area is 121 Å². The van der Waals surface area contributed by atoms with Crippen molar-refractivity contribution in [2.24, 2.45) is 5.92 Å². The average Bonchev–Trinajstić information content (AvgIpc) is 2.98. The van der Waals surface area contributed by atoms with Crippen molar-refractivity contribution >= 4 is 0 Å². The first-order valence-electron chi connectivity index (χ1n) is 7.93. The Hall–Kier alpha value is -0.930. The van der Waals surface area contributed by atoms with Crippen LogP contribution in [0.1, 0.15) is 36.8 Å². The topological polar surface area (TPSA) is 15.3 Å². The molecule has 110 valence electrons. The van der Waals surface area contributed by atoms with Crippen LogP contribution < -0.4 is 5.32 Å². The van der Waals surface area contributed by atoms with Gasteiger partial charge in [-0.3, -0.25) is 4.90 Å². The first-order valence-corrected chi connectivity index (χ1v) is 7.93. The number of benzene rings is 1. The highest BCUT2D eigenvalue weighted by atomic mass is 19.1. The van der Waals surface area contributed by atoms with Gasteiger partial charge >= 0.3 is 0 Å². The third kappa shape index (κ3) is 3.21. The van der Waals surface area contributed by atoms with Gasteiger partial charge < -0.3 is 5.32 Å². The van der Waals surface area contributed by atoms with Gasteiger partial charge in [-0.2, -0.15) is 0 Å². The Morgan fingerprint density at radius 1 is 1.25 bits per heavy atom. The molecule has 0 spiro atoms. The van der Waals surface area contributed by atoms with E-state index in [0.717, 1.165) is 42.7 Å². The lowest BCUT2D eigenvalue weighted by molar-refractivity contribution is 0.157. The molecule has 0 radical (unpaired) electrons. The van der Waals surface area contributed by atoms with Crippen LogP contribution in [0, 0.1) is 18.7 Å². The predicted octanol–water partition coefficient (Wildman–Crippen LogP) is 3.10. The smallest absolute Gasteiger partial charge is 0.126 e. The van der Waals surface area contributed by atoms with Crippen molar-refractivity contribution in [1.29, 1.82) is 0 Å². The number of nitrogens with one attached hydrogen (secondary N) is 1. The van der Waals surface area contributed by atoms with E-state index in [1.54, 1.807) is 6.07 Å². The van der Waals surface area contributed by atoms with Crippen molar-refractivity contribution in [2.45, 2.75) is 45.2 Å². The lowest BCUT2D eigenvalue weighted by atomic mass is 9.88. The molecule has 1 aromatic rings. The fraction of sp³-hybridized carbons (Fsp3) is 0.647. The van der Waals surface area contributed by atoms with Gasteiger partial charge in [-0.05, 0) is 75.4 Å². The number of hydrogen-bond acceptors (Lipinski definition) is 2. The molecule has 2 saturated heterocycles. The molecule has 2 aliphatic heterocycles. The number of aryl methyl sites for hydroxylation is 1. The van der Waals surface area contributed by atoms with Crippen LogP contribution in [0.15, 0.2) is 18.2 Å². The molecule has 1 atom stereocenters. The van der Waals surface area contributed by atoms with Crippen molar-refractivity contribution < 1.29 is 4.39 Å². The van der Waals surface area contributed by atoms with Crippen LogP contribution in [0.25, 0.3) is 0 Å².